The molecule has 0 saturated heterocycles. The van der Waals surface area contributed by atoms with Crippen LogP contribution in [0.15, 0.2) is 65.7 Å². The van der Waals surface area contributed by atoms with E-state index in [1.807, 2.05) is 30.3 Å². The number of aromatic nitrogens is 2. The Morgan fingerprint density at radius 2 is 2.03 bits per heavy atom. The molecule has 0 bridgehead atoms. The maximum Gasteiger partial charge on any atom is 0.271 e. The van der Waals surface area contributed by atoms with Crippen LogP contribution in [0.1, 0.15) is 27.7 Å². The second-order valence-electron chi connectivity index (χ2n) is 6.52. The number of ether oxygens (including phenoxy) is 1. The number of halogens is 1. The van der Waals surface area contributed by atoms with Gasteiger partial charge in [0, 0.05) is 35.4 Å². The summed E-state index contributed by atoms with van der Waals surface area (Å²) in [4.78, 5) is 31.1. The summed E-state index contributed by atoms with van der Waals surface area (Å²) in [5, 5.41) is 2.54. The first-order valence-corrected chi connectivity index (χ1v) is 10.1. The topological polar surface area (TPSA) is 72.7 Å². The maximum absolute atomic E-state index is 14.0. The fraction of sp³-hybridized carbons (Fsp3) is 0.136. The molecule has 0 fully saturated rings. The quantitative estimate of drug-likeness (QED) is 0.506. The standard InChI is InChI=1S/C22H18FN3O3S/c1-2-29-19-9-8-15(11-18(19)23)25-20(27)17-12-24-22-26(21(17)28)13-16(30-22)10-14-6-4-3-5-7-14/h3-9,11-13H,2,10H2,1H3,(H,25,27). The highest BCUT2D eigenvalue weighted by Crippen LogP contribution is 2.22. The summed E-state index contributed by atoms with van der Waals surface area (Å²) < 4.78 is 20.5. The molecule has 2 heterocycles. The number of amides is 1. The molecule has 0 unspecified atom stereocenters. The molecule has 0 aliphatic carbocycles. The van der Waals surface area contributed by atoms with Gasteiger partial charge in [0.15, 0.2) is 16.5 Å². The highest BCUT2D eigenvalue weighted by molar-refractivity contribution is 7.17. The Bertz CT molecular complexity index is 1270. The van der Waals surface area contributed by atoms with Gasteiger partial charge < -0.3 is 10.1 Å². The number of carbonyl (C=O) groups is 1. The van der Waals surface area contributed by atoms with Gasteiger partial charge in [-0.05, 0) is 24.6 Å². The number of nitrogens with zero attached hydrogens (tertiary/aromatic N) is 2. The average molecular weight is 423 g/mol. The Kier molecular flexibility index (Phi) is 5.58. The Morgan fingerprint density at radius 3 is 2.77 bits per heavy atom. The largest absolute Gasteiger partial charge is 0.491 e. The van der Waals surface area contributed by atoms with Gasteiger partial charge in [0.1, 0.15) is 5.56 Å². The van der Waals surface area contributed by atoms with Gasteiger partial charge in [0.25, 0.3) is 11.5 Å². The molecule has 2 aromatic carbocycles. The van der Waals surface area contributed by atoms with Gasteiger partial charge in [-0.25, -0.2) is 9.37 Å². The van der Waals surface area contributed by atoms with Crippen molar-refractivity contribution in [2.75, 3.05) is 11.9 Å². The van der Waals surface area contributed by atoms with E-state index in [2.05, 4.69) is 10.3 Å². The van der Waals surface area contributed by atoms with E-state index in [-0.39, 0.29) is 17.0 Å². The van der Waals surface area contributed by atoms with Crippen LogP contribution >= 0.6 is 11.3 Å². The number of carbonyl (C=O) groups excluding carboxylic acids is 1. The summed E-state index contributed by atoms with van der Waals surface area (Å²) in [6.07, 6.45) is 3.62. The van der Waals surface area contributed by atoms with Crippen molar-refractivity contribution in [1.82, 2.24) is 9.38 Å². The molecule has 1 N–H and O–H groups in total. The van der Waals surface area contributed by atoms with E-state index in [4.69, 9.17) is 4.74 Å². The van der Waals surface area contributed by atoms with Crippen molar-refractivity contribution in [1.29, 1.82) is 0 Å². The molecule has 1 amide bonds. The van der Waals surface area contributed by atoms with Crippen LogP contribution in [-0.4, -0.2) is 21.9 Å². The van der Waals surface area contributed by atoms with E-state index in [9.17, 15) is 14.0 Å². The number of fused-ring (bicyclic) bond motifs is 1. The summed E-state index contributed by atoms with van der Waals surface area (Å²) in [5.41, 5.74) is 0.749. The van der Waals surface area contributed by atoms with Gasteiger partial charge >= 0.3 is 0 Å². The van der Waals surface area contributed by atoms with Crippen LogP contribution in [0.4, 0.5) is 10.1 Å². The molecule has 152 valence electrons. The molecule has 6 nitrogen and oxygen atoms in total. The van der Waals surface area contributed by atoms with Crippen LogP contribution in [-0.2, 0) is 6.42 Å². The van der Waals surface area contributed by atoms with Gasteiger partial charge in [-0.15, -0.1) is 11.3 Å². The Balaban J connectivity index is 1.58. The van der Waals surface area contributed by atoms with Crippen molar-refractivity contribution in [2.45, 2.75) is 13.3 Å². The van der Waals surface area contributed by atoms with Gasteiger partial charge in [-0.1, -0.05) is 30.3 Å². The van der Waals surface area contributed by atoms with E-state index in [1.54, 1.807) is 13.1 Å². The van der Waals surface area contributed by atoms with Crippen LogP contribution in [0.2, 0.25) is 0 Å². The third-order valence-corrected chi connectivity index (χ3v) is 5.41. The van der Waals surface area contributed by atoms with Crippen LogP contribution < -0.4 is 15.6 Å². The fourth-order valence-corrected chi connectivity index (χ4v) is 3.99. The number of hydrogen-bond donors (Lipinski definition) is 1. The minimum atomic E-state index is -0.652. The summed E-state index contributed by atoms with van der Waals surface area (Å²) in [6, 6.07) is 14.0. The minimum Gasteiger partial charge on any atom is -0.491 e. The summed E-state index contributed by atoms with van der Waals surface area (Å²) in [7, 11) is 0. The van der Waals surface area contributed by atoms with E-state index >= 15 is 0 Å². The molecule has 0 radical (unpaired) electrons. The molecule has 0 saturated carbocycles. The van der Waals surface area contributed by atoms with Crippen molar-refractivity contribution in [3.05, 3.63) is 93.1 Å². The second kappa shape index (κ2) is 8.46. The Labute approximate surface area is 175 Å². The molecule has 0 atom stereocenters. The molecule has 0 aliphatic rings. The lowest BCUT2D eigenvalue weighted by atomic mass is 10.1. The number of nitrogens with one attached hydrogen (secondary N) is 1. The zero-order chi connectivity index (χ0) is 21.1. The third kappa shape index (κ3) is 4.08. The first-order chi connectivity index (χ1) is 14.5. The van der Waals surface area contributed by atoms with Crippen molar-refractivity contribution >= 4 is 27.9 Å². The van der Waals surface area contributed by atoms with Crippen molar-refractivity contribution in [3.8, 4) is 5.75 Å². The summed E-state index contributed by atoms with van der Waals surface area (Å²) >= 11 is 1.40. The molecule has 0 aliphatic heterocycles. The van der Waals surface area contributed by atoms with Crippen molar-refractivity contribution in [3.63, 3.8) is 0 Å². The van der Waals surface area contributed by atoms with Crippen LogP contribution in [0, 0.1) is 5.82 Å². The average Bonchev–Trinajstić information content (AvgIpc) is 3.14. The number of hydrogen-bond acceptors (Lipinski definition) is 5. The van der Waals surface area contributed by atoms with Crippen molar-refractivity contribution < 1.29 is 13.9 Å². The third-order valence-electron chi connectivity index (χ3n) is 4.41. The number of rotatable bonds is 6. The molecular formula is C22H18FN3O3S. The summed E-state index contributed by atoms with van der Waals surface area (Å²) in [6.45, 7) is 2.08. The molecule has 4 aromatic rings. The highest BCUT2D eigenvalue weighted by Gasteiger charge is 2.16. The Hall–Kier alpha value is -3.52. The van der Waals surface area contributed by atoms with Gasteiger partial charge in [0.05, 0.1) is 6.61 Å². The molecule has 0 spiro atoms. The molecule has 2 aromatic heterocycles. The van der Waals surface area contributed by atoms with E-state index in [1.165, 1.54) is 34.1 Å². The SMILES string of the molecule is CCOc1ccc(NC(=O)c2cnc3sc(Cc4ccccc4)cn3c2=O)cc1F. The van der Waals surface area contributed by atoms with E-state index < -0.39 is 17.3 Å². The predicted octanol–water partition coefficient (Wildman–Crippen LogP) is 4.14. The molecule has 4 rings (SSSR count). The number of anilines is 1. The first kappa shape index (κ1) is 19.8. The fourth-order valence-electron chi connectivity index (χ4n) is 3.01. The van der Waals surface area contributed by atoms with Gasteiger partial charge in [0.2, 0.25) is 0 Å². The van der Waals surface area contributed by atoms with E-state index in [0.717, 1.165) is 16.5 Å². The maximum atomic E-state index is 14.0. The lowest BCUT2D eigenvalue weighted by Gasteiger charge is -2.08. The smallest absolute Gasteiger partial charge is 0.271 e. The summed E-state index contributed by atoms with van der Waals surface area (Å²) in [5.74, 6) is -1.15. The zero-order valence-electron chi connectivity index (χ0n) is 16.1. The van der Waals surface area contributed by atoms with Crippen molar-refractivity contribution in [2.24, 2.45) is 0 Å². The monoisotopic (exact) mass is 423 g/mol. The molecule has 8 heteroatoms. The molecular weight excluding hydrogens is 405 g/mol. The highest BCUT2D eigenvalue weighted by atomic mass is 32.1. The predicted molar refractivity (Wildman–Crippen MR) is 114 cm³/mol. The minimum absolute atomic E-state index is 0.0999. The van der Waals surface area contributed by atoms with Crippen LogP contribution in [0.5, 0.6) is 5.75 Å². The van der Waals surface area contributed by atoms with Crippen LogP contribution in [0.25, 0.3) is 4.96 Å². The Morgan fingerprint density at radius 1 is 1.23 bits per heavy atom. The normalized spacial score (nSPS) is 10.9. The zero-order valence-corrected chi connectivity index (χ0v) is 16.9. The molecule has 30 heavy (non-hydrogen) atoms. The lowest BCUT2D eigenvalue weighted by Crippen LogP contribution is -2.25. The second-order valence-corrected chi connectivity index (χ2v) is 7.62. The number of benzene rings is 2. The van der Waals surface area contributed by atoms with E-state index in [0.29, 0.717) is 18.0 Å². The van der Waals surface area contributed by atoms with Gasteiger partial charge in [-0.3, -0.25) is 14.0 Å². The van der Waals surface area contributed by atoms with Gasteiger partial charge in [-0.2, -0.15) is 0 Å². The lowest BCUT2D eigenvalue weighted by molar-refractivity contribution is 0.102. The number of thiazole rings is 1. The first-order valence-electron chi connectivity index (χ1n) is 9.33. The van der Waals surface area contributed by atoms with Crippen LogP contribution in [0.3, 0.4) is 0 Å².